The van der Waals surface area contributed by atoms with E-state index in [2.05, 4.69) is 0 Å². The van der Waals surface area contributed by atoms with Crippen molar-refractivity contribution in [1.29, 1.82) is 0 Å². The van der Waals surface area contributed by atoms with E-state index >= 15 is 0 Å². The van der Waals surface area contributed by atoms with Gasteiger partial charge in [0.15, 0.2) is 0 Å². The zero-order valence-corrected chi connectivity index (χ0v) is 11.8. The SMILES string of the molecule is O=CC1CCN(c2ccc(S(=O)(=O)C(F)(F)F)cc2)CC1. The first kappa shape index (κ1) is 15.8. The Morgan fingerprint density at radius 1 is 1.10 bits per heavy atom. The summed E-state index contributed by atoms with van der Waals surface area (Å²) in [7, 11) is -5.30. The van der Waals surface area contributed by atoms with Crippen LogP contribution in [0.3, 0.4) is 0 Å². The maximum absolute atomic E-state index is 12.4. The highest BCUT2D eigenvalue weighted by atomic mass is 32.2. The molecule has 2 rings (SSSR count). The number of aldehydes is 1. The van der Waals surface area contributed by atoms with Crippen LogP contribution in [0, 0.1) is 5.92 Å². The Bertz CT molecular complexity index is 603. The second-order valence-electron chi connectivity index (χ2n) is 4.90. The van der Waals surface area contributed by atoms with E-state index in [0.717, 1.165) is 18.4 Å². The number of hydrogen-bond donors (Lipinski definition) is 0. The topological polar surface area (TPSA) is 54.5 Å². The summed E-state index contributed by atoms with van der Waals surface area (Å²) in [4.78, 5) is 11.8. The van der Waals surface area contributed by atoms with E-state index in [9.17, 15) is 26.4 Å². The van der Waals surface area contributed by atoms with Crippen LogP contribution >= 0.6 is 0 Å². The lowest BCUT2D eigenvalue weighted by molar-refractivity contribution is -0.111. The normalized spacial score (nSPS) is 17.8. The fourth-order valence-corrected chi connectivity index (χ4v) is 3.03. The molecule has 1 fully saturated rings. The molecule has 0 spiro atoms. The van der Waals surface area contributed by atoms with Crippen LogP contribution in [0.25, 0.3) is 0 Å². The number of carbonyl (C=O) groups excluding carboxylic acids is 1. The molecule has 1 aromatic carbocycles. The molecule has 0 aromatic heterocycles. The van der Waals surface area contributed by atoms with Crippen molar-refractivity contribution >= 4 is 21.8 Å². The van der Waals surface area contributed by atoms with Crippen molar-refractivity contribution in [1.82, 2.24) is 0 Å². The number of piperidine rings is 1. The number of rotatable bonds is 3. The van der Waals surface area contributed by atoms with Crippen molar-refractivity contribution in [3.8, 4) is 0 Å². The van der Waals surface area contributed by atoms with Crippen molar-refractivity contribution in [3.63, 3.8) is 0 Å². The van der Waals surface area contributed by atoms with Gasteiger partial charge in [0.2, 0.25) is 0 Å². The molecule has 1 heterocycles. The predicted molar refractivity (Wildman–Crippen MR) is 70.7 cm³/mol. The van der Waals surface area contributed by atoms with E-state index < -0.39 is 20.2 Å². The Balaban J connectivity index is 2.15. The molecule has 1 saturated heterocycles. The fourth-order valence-electron chi connectivity index (χ4n) is 2.26. The molecule has 1 aromatic rings. The third kappa shape index (κ3) is 3.20. The number of nitrogens with zero attached hydrogens (tertiary/aromatic N) is 1. The average Bonchev–Trinajstić information content (AvgIpc) is 2.46. The second kappa shape index (κ2) is 5.67. The van der Waals surface area contributed by atoms with Gasteiger partial charge in [0.1, 0.15) is 6.29 Å². The lowest BCUT2D eigenvalue weighted by atomic mass is 9.98. The van der Waals surface area contributed by atoms with Crippen molar-refractivity contribution in [2.24, 2.45) is 5.92 Å². The average molecular weight is 321 g/mol. The Hall–Kier alpha value is -1.57. The summed E-state index contributed by atoms with van der Waals surface area (Å²) in [5.74, 6) is 0.0196. The summed E-state index contributed by atoms with van der Waals surface area (Å²) >= 11 is 0. The van der Waals surface area contributed by atoms with Crippen LogP contribution < -0.4 is 4.90 Å². The predicted octanol–water partition coefficient (Wildman–Crippen LogP) is 2.40. The van der Waals surface area contributed by atoms with E-state index in [1.807, 2.05) is 4.90 Å². The first-order valence-electron chi connectivity index (χ1n) is 6.37. The van der Waals surface area contributed by atoms with Gasteiger partial charge in [-0.1, -0.05) is 0 Å². The van der Waals surface area contributed by atoms with Crippen molar-refractivity contribution in [2.75, 3.05) is 18.0 Å². The quantitative estimate of drug-likeness (QED) is 0.802. The summed E-state index contributed by atoms with van der Waals surface area (Å²) in [6, 6.07) is 4.65. The molecule has 0 amide bonds. The molecule has 0 bridgehead atoms. The maximum Gasteiger partial charge on any atom is 0.501 e. The van der Waals surface area contributed by atoms with Gasteiger partial charge in [-0.2, -0.15) is 13.2 Å². The number of benzene rings is 1. The zero-order chi connectivity index (χ0) is 15.7. The van der Waals surface area contributed by atoms with E-state index in [1.165, 1.54) is 12.1 Å². The third-order valence-corrected chi connectivity index (χ3v) is 5.05. The number of hydrogen-bond acceptors (Lipinski definition) is 4. The van der Waals surface area contributed by atoms with Crippen LogP contribution in [0.4, 0.5) is 18.9 Å². The minimum Gasteiger partial charge on any atom is -0.371 e. The Labute approximate surface area is 120 Å². The highest BCUT2D eigenvalue weighted by molar-refractivity contribution is 7.92. The summed E-state index contributed by atoms with van der Waals surface area (Å²) in [6.45, 7) is 1.24. The molecular weight excluding hydrogens is 307 g/mol. The number of carbonyl (C=O) groups is 1. The van der Waals surface area contributed by atoms with Gasteiger partial charge in [-0.15, -0.1) is 0 Å². The number of anilines is 1. The van der Waals surface area contributed by atoms with Gasteiger partial charge in [-0.05, 0) is 37.1 Å². The highest BCUT2D eigenvalue weighted by Crippen LogP contribution is 2.31. The van der Waals surface area contributed by atoms with Gasteiger partial charge in [-0.25, -0.2) is 8.42 Å². The Morgan fingerprint density at radius 3 is 2.05 bits per heavy atom. The van der Waals surface area contributed by atoms with Crippen molar-refractivity contribution in [3.05, 3.63) is 24.3 Å². The molecule has 1 aliphatic rings. The Kier molecular flexibility index (Phi) is 4.27. The molecule has 21 heavy (non-hydrogen) atoms. The van der Waals surface area contributed by atoms with Crippen LogP contribution in [0.15, 0.2) is 29.2 Å². The summed E-state index contributed by atoms with van der Waals surface area (Å²) in [5, 5.41) is 0. The van der Waals surface area contributed by atoms with E-state index in [-0.39, 0.29) is 5.92 Å². The molecule has 0 N–H and O–H groups in total. The smallest absolute Gasteiger partial charge is 0.371 e. The summed E-state index contributed by atoms with van der Waals surface area (Å²) in [6.07, 6.45) is 2.29. The summed E-state index contributed by atoms with van der Waals surface area (Å²) in [5.41, 5.74) is -4.64. The van der Waals surface area contributed by atoms with Crippen LogP contribution in [-0.4, -0.2) is 33.3 Å². The van der Waals surface area contributed by atoms with Crippen LogP contribution in [-0.2, 0) is 14.6 Å². The van der Waals surface area contributed by atoms with Crippen LogP contribution in [0.2, 0.25) is 0 Å². The van der Waals surface area contributed by atoms with E-state index in [1.54, 1.807) is 0 Å². The van der Waals surface area contributed by atoms with Crippen LogP contribution in [0.1, 0.15) is 12.8 Å². The molecule has 0 aliphatic carbocycles. The van der Waals surface area contributed by atoms with Gasteiger partial charge < -0.3 is 9.69 Å². The lowest BCUT2D eigenvalue weighted by Crippen LogP contribution is -2.34. The molecule has 0 atom stereocenters. The molecule has 4 nitrogen and oxygen atoms in total. The van der Waals surface area contributed by atoms with Crippen LogP contribution in [0.5, 0.6) is 0 Å². The second-order valence-corrected chi connectivity index (χ2v) is 6.84. The molecular formula is C13H14F3NO3S. The molecule has 116 valence electrons. The molecule has 0 unspecified atom stereocenters. The van der Waals surface area contributed by atoms with Gasteiger partial charge in [0.25, 0.3) is 9.84 Å². The van der Waals surface area contributed by atoms with Gasteiger partial charge in [0, 0.05) is 24.7 Å². The van der Waals surface area contributed by atoms with Crippen molar-refractivity contribution in [2.45, 2.75) is 23.2 Å². The third-order valence-electron chi connectivity index (χ3n) is 3.55. The molecule has 0 saturated carbocycles. The van der Waals surface area contributed by atoms with E-state index in [0.29, 0.717) is 31.6 Å². The molecule has 0 radical (unpaired) electrons. The Morgan fingerprint density at radius 2 is 1.62 bits per heavy atom. The lowest BCUT2D eigenvalue weighted by Gasteiger charge is -2.31. The van der Waals surface area contributed by atoms with Crippen molar-refractivity contribution < 1.29 is 26.4 Å². The first-order chi connectivity index (χ1) is 9.75. The maximum atomic E-state index is 12.4. The number of alkyl halides is 3. The standard InChI is InChI=1S/C13H14F3NO3S/c14-13(15,16)21(19,20)12-3-1-11(2-4-12)17-7-5-10(9-18)6-8-17/h1-4,9-10H,5-8H2. The number of halogens is 3. The minimum atomic E-state index is -5.30. The van der Waals surface area contributed by atoms with Gasteiger partial charge >= 0.3 is 5.51 Å². The molecule has 8 heteroatoms. The monoisotopic (exact) mass is 321 g/mol. The minimum absolute atomic E-state index is 0.0196. The largest absolute Gasteiger partial charge is 0.501 e. The highest BCUT2D eigenvalue weighted by Gasteiger charge is 2.46. The van der Waals surface area contributed by atoms with Gasteiger partial charge in [-0.3, -0.25) is 0 Å². The van der Waals surface area contributed by atoms with Gasteiger partial charge in [0.05, 0.1) is 4.90 Å². The number of sulfone groups is 1. The summed E-state index contributed by atoms with van der Waals surface area (Å²) < 4.78 is 59.8. The fraction of sp³-hybridized carbons (Fsp3) is 0.462. The van der Waals surface area contributed by atoms with E-state index in [4.69, 9.17) is 0 Å². The first-order valence-corrected chi connectivity index (χ1v) is 7.85. The molecule has 1 aliphatic heterocycles. The zero-order valence-electron chi connectivity index (χ0n) is 11.0.